The third kappa shape index (κ3) is 3.04. The van der Waals surface area contributed by atoms with Crippen molar-refractivity contribution in [2.45, 2.75) is 6.04 Å². The molecule has 0 saturated carbocycles. The van der Waals surface area contributed by atoms with E-state index in [0.717, 1.165) is 0 Å². The lowest BCUT2D eigenvalue weighted by Crippen LogP contribution is -2.29. The molecule has 1 atom stereocenters. The van der Waals surface area contributed by atoms with E-state index < -0.39 is 6.04 Å². The molecule has 0 bridgehead atoms. The van der Waals surface area contributed by atoms with Crippen molar-refractivity contribution in [3.63, 3.8) is 0 Å². The second-order valence-corrected chi connectivity index (χ2v) is 5.00. The summed E-state index contributed by atoms with van der Waals surface area (Å²) in [5.41, 5.74) is 3.80. The number of hydrogen-bond acceptors (Lipinski definition) is 3. The van der Waals surface area contributed by atoms with Gasteiger partial charge in [-0.15, -0.1) is 0 Å². The molecule has 0 aliphatic carbocycles. The second-order valence-electron chi connectivity index (χ2n) is 4.15. The molecule has 0 saturated heterocycles. The first-order valence-electron chi connectivity index (χ1n) is 5.81. The number of ether oxygens (including phenoxy) is 1. The Labute approximate surface area is 126 Å². The van der Waals surface area contributed by atoms with Gasteiger partial charge in [-0.2, -0.15) is 0 Å². The largest absolute Gasteiger partial charge is 0.496 e. The smallest absolute Gasteiger partial charge is 0.124 e. The lowest BCUT2D eigenvalue weighted by molar-refractivity contribution is 0.402. The molecule has 0 aromatic heterocycles. The third-order valence-electron chi connectivity index (χ3n) is 2.94. The fourth-order valence-corrected chi connectivity index (χ4v) is 2.42. The Morgan fingerprint density at radius 1 is 1.15 bits per heavy atom. The predicted octanol–water partition coefficient (Wildman–Crippen LogP) is 3.69. The molecule has 6 heteroatoms. The van der Waals surface area contributed by atoms with E-state index in [2.05, 4.69) is 5.43 Å². The van der Waals surface area contributed by atoms with Gasteiger partial charge in [0.2, 0.25) is 0 Å². The van der Waals surface area contributed by atoms with Crippen molar-refractivity contribution in [2.24, 2.45) is 5.84 Å². The zero-order valence-corrected chi connectivity index (χ0v) is 12.2. The van der Waals surface area contributed by atoms with Crippen LogP contribution < -0.4 is 16.0 Å². The van der Waals surface area contributed by atoms with Crippen molar-refractivity contribution in [1.82, 2.24) is 5.43 Å². The van der Waals surface area contributed by atoms with Crippen LogP contribution in [-0.2, 0) is 0 Å². The molecule has 20 heavy (non-hydrogen) atoms. The van der Waals surface area contributed by atoms with Gasteiger partial charge in [0.25, 0.3) is 0 Å². The molecule has 2 aromatic rings. The van der Waals surface area contributed by atoms with Gasteiger partial charge in [0.05, 0.1) is 13.2 Å². The minimum absolute atomic E-state index is 0.390. The Balaban J connectivity index is 2.57. The fourth-order valence-electron chi connectivity index (χ4n) is 2.01. The van der Waals surface area contributed by atoms with E-state index >= 15 is 0 Å². The highest BCUT2D eigenvalue weighted by Gasteiger charge is 2.20. The summed E-state index contributed by atoms with van der Waals surface area (Å²) in [6, 6.07) is 8.67. The summed E-state index contributed by atoms with van der Waals surface area (Å²) in [5, 5.41) is 0.990. The van der Waals surface area contributed by atoms with Crippen LogP contribution in [0.4, 0.5) is 4.39 Å². The lowest BCUT2D eigenvalue weighted by Gasteiger charge is -2.21. The summed E-state index contributed by atoms with van der Waals surface area (Å²) >= 11 is 12.1. The van der Waals surface area contributed by atoms with Gasteiger partial charge in [0.1, 0.15) is 11.6 Å². The highest BCUT2D eigenvalue weighted by atomic mass is 35.5. The van der Waals surface area contributed by atoms with Crippen molar-refractivity contribution in [3.8, 4) is 5.75 Å². The van der Waals surface area contributed by atoms with Gasteiger partial charge in [-0.3, -0.25) is 5.84 Å². The van der Waals surface area contributed by atoms with Crippen LogP contribution in [0.5, 0.6) is 5.75 Å². The van der Waals surface area contributed by atoms with E-state index in [1.807, 2.05) is 0 Å². The van der Waals surface area contributed by atoms with Crippen LogP contribution in [0, 0.1) is 5.82 Å². The summed E-state index contributed by atoms with van der Waals surface area (Å²) < 4.78 is 18.7. The molecule has 0 aliphatic heterocycles. The van der Waals surface area contributed by atoms with E-state index in [1.165, 1.54) is 25.3 Å². The summed E-state index contributed by atoms with van der Waals surface area (Å²) in [6.07, 6.45) is 0. The number of nitrogens with one attached hydrogen (secondary N) is 1. The number of methoxy groups -OCH3 is 1. The second kappa shape index (κ2) is 6.41. The normalized spacial score (nSPS) is 12.2. The van der Waals surface area contributed by atoms with Gasteiger partial charge >= 0.3 is 0 Å². The van der Waals surface area contributed by atoms with Crippen LogP contribution in [0.25, 0.3) is 0 Å². The number of rotatable bonds is 4. The Kier molecular flexibility index (Phi) is 4.83. The van der Waals surface area contributed by atoms with Crippen molar-refractivity contribution in [3.05, 3.63) is 63.4 Å². The van der Waals surface area contributed by atoms with E-state index in [0.29, 0.717) is 26.9 Å². The van der Waals surface area contributed by atoms with Crippen LogP contribution in [0.15, 0.2) is 36.4 Å². The maximum atomic E-state index is 13.5. The van der Waals surface area contributed by atoms with Crippen molar-refractivity contribution in [1.29, 1.82) is 0 Å². The maximum Gasteiger partial charge on any atom is 0.124 e. The quantitative estimate of drug-likeness (QED) is 0.668. The summed E-state index contributed by atoms with van der Waals surface area (Å²) in [7, 11) is 1.50. The fraction of sp³-hybridized carbons (Fsp3) is 0.143. The van der Waals surface area contributed by atoms with Crippen molar-refractivity contribution < 1.29 is 9.13 Å². The maximum absolute atomic E-state index is 13.5. The average Bonchev–Trinajstić information content (AvgIpc) is 2.44. The first-order valence-corrected chi connectivity index (χ1v) is 6.57. The molecule has 106 valence electrons. The van der Waals surface area contributed by atoms with Gasteiger partial charge in [-0.25, -0.2) is 9.82 Å². The topological polar surface area (TPSA) is 47.3 Å². The van der Waals surface area contributed by atoms with Crippen LogP contribution in [0.3, 0.4) is 0 Å². The predicted molar refractivity (Wildman–Crippen MR) is 78.6 cm³/mol. The van der Waals surface area contributed by atoms with E-state index in [9.17, 15) is 4.39 Å². The Bertz CT molecular complexity index is 622. The standard InChI is InChI=1S/C14H13Cl2FN2O/c1-20-13-5-3-9(17)7-11(13)14(19-18)10-6-8(15)2-4-12(10)16/h2-7,14,19H,18H2,1H3. The summed E-state index contributed by atoms with van der Waals surface area (Å²) in [4.78, 5) is 0. The molecule has 0 fully saturated rings. The zero-order valence-electron chi connectivity index (χ0n) is 10.7. The van der Waals surface area contributed by atoms with E-state index in [1.54, 1.807) is 18.2 Å². The average molecular weight is 315 g/mol. The van der Waals surface area contributed by atoms with Gasteiger partial charge in [0.15, 0.2) is 0 Å². The summed E-state index contributed by atoms with van der Waals surface area (Å²) in [6.45, 7) is 0. The lowest BCUT2D eigenvalue weighted by atomic mass is 9.98. The molecule has 2 aromatic carbocycles. The zero-order chi connectivity index (χ0) is 14.7. The molecular formula is C14H13Cl2FN2O. The number of hydrazine groups is 1. The third-order valence-corrected chi connectivity index (χ3v) is 3.52. The molecule has 3 N–H and O–H groups in total. The van der Waals surface area contributed by atoms with E-state index in [-0.39, 0.29) is 5.82 Å². The minimum atomic E-state index is -0.535. The molecular weight excluding hydrogens is 302 g/mol. The van der Waals surface area contributed by atoms with Crippen LogP contribution in [-0.4, -0.2) is 7.11 Å². The monoisotopic (exact) mass is 314 g/mol. The van der Waals surface area contributed by atoms with E-state index in [4.69, 9.17) is 33.8 Å². The number of hydrogen-bond donors (Lipinski definition) is 2. The molecule has 0 aliphatic rings. The highest BCUT2D eigenvalue weighted by Crippen LogP contribution is 2.34. The first-order chi connectivity index (χ1) is 9.56. The molecule has 0 amide bonds. The molecule has 0 radical (unpaired) electrons. The van der Waals surface area contributed by atoms with Gasteiger partial charge < -0.3 is 4.74 Å². The molecule has 0 heterocycles. The molecule has 3 nitrogen and oxygen atoms in total. The Hall–Kier alpha value is -1.33. The molecule has 0 spiro atoms. The number of halogens is 3. The van der Waals surface area contributed by atoms with Crippen LogP contribution >= 0.6 is 23.2 Å². The minimum Gasteiger partial charge on any atom is -0.496 e. The van der Waals surface area contributed by atoms with Crippen LogP contribution in [0.1, 0.15) is 17.2 Å². The molecule has 2 rings (SSSR count). The van der Waals surface area contributed by atoms with Crippen molar-refractivity contribution in [2.75, 3.05) is 7.11 Å². The number of benzene rings is 2. The molecule has 1 unspecified atom stereocenters. The Morgan fingerprint density at radius 3 is 2.55 bits per heavy atom. The van der Waals surface area contributed by atoms with Crippen molar-refractivity contribution >= 4 is 23.2 Å². The SMILES string of the molecule is COc1ccc(F)cc1C(NN)c1cc(Cl)ccc1Cl. The van der Waals surface area contributed by atoms with Crippen LogP contribution in [0.2, 0.25) is 10.0 Å². The highest BCUT2D eigenvalue weighted by molar-refractivity contribution is 6.33. The number of nitrogens with two attached hydrogens (primary N) is 1. The first kappa shape index (κ1) is 15.1. The van der Waals surface area contributed by atoms with Gasteiger partial charge in [-0.05, 0) is 42.0 Å². The summed E-state index contributed by atoms with van der Waals surface area (Å²) in [5.74, 6) is 5.72. The van der Waals surface area contributed by atoms with Gasteiger partial charge in [-0.1, -0.05) is 23.2 Å². The van der Waals surface area contributed by atoms with Gasteiger partial charge in [0, 0.05) is 15.6 Å². The Morgan fingerprint density at radius 2 is 1.90 bits per heavy atom.